The van der Waals surface area contributed by atoms with E-state index in [2.05, 4.69) is 32.2 Å². The van der Waals surface area contributed by atoms with Crippen molar-refractivity contribution < 1.29 is 29.3 Å². The lowest BCUT2D eigenvalue weighted by molar-refractivity contribution is -0.134. The summed E-state index contributed by atoms with van der Waals surface area (Å²) in [7, 11) is 1.68. The highest BCUT2D eigenvalue weighted by Gasteiger charge is 2.36. The van der Waals surface area contributed by atoms with Gasteiger partial charge in [0.25, 0.3) is 0 Å². The van der Waals surface area contributed by atoms with Gasteiger partial charge in [-0.25, -0.2) is 9.59 Å². The van der Waals surface area contributed by atoms with E-state index in [0.29, 0.717) is 18.2 Å². The number of carboxylic acid groups (broad SMARTS) is 2. The Morgan fingerprint density at radius 2 is 1.92 bits per heavy atom. The zero-order chi connectivity index (χ0) is 19.7. The lowest BCUT2D eigenvalue weighted by atomic mass is 9.88. The molecule has 0 saturated heterocycles. The maximum Gasteiger partial charge on any atom is 0.328 e. The van der Waals surface area contributed by atoms with E-state index in [-0.39, 0.29) is 5.60 Å². The van der Waals surface area contributed by atoms with E-state index in [9.17, 15) is 9.59 Å². The monoisotopic (exact) mass is 365 g/mol. The fourth-order valence-electron chi connectivity index (χ4n) is 2.52. The topological polar surface area (TPSA) is 105 Å². The lowest BCUT2D eigenvalue weighted by Crippen LogP contribution is -2.54. The fourth-order valence-corrected chi connectivity index (χ4v) is 2.52. The van der Waals surface area contributed by atoms with Crippen LogP contribution in [-0.2, 0) is 16.0 Å². The Kier molecular flexibility index (Phi) is 8.12. The first-order valence-electron chi connectivity index (χ1n) is 8.42. The first-order valence-corrected chi connectivity index (χ1v) is 8.42. The van der Waals surface area contributed by atoms with E-state index in [1.165, 1.54) is 5.56 Å². The first-order chi connectivity index (χ1) is 12.2. The predicted octanol–water partition coefficient (Wildman–Crippen LogP) is 2.49. The Bertz CT molecular complexity index is 637. The lowest BCUT2D eigenvalue weighted by Gasteiger charge is -2.40. The van der Waals surface area contributed by atoms with E-state index < -0.39 is 11.9 Å². The molecule has 2 rings (SSSR count). The van der Waals surface area contributed by atoms with Crippen LogP contribution in [0.5, 0.6) is 11.5 Å². The number of methoxy groups -OCH3 is 1. The minimum absolute atomic E-state index is 0.186. The van der Waals surface area contributed by atoms with Crippen LogP contribution in [-0.4, -0.2) is 47.4 Å². The van der Waals surface area contributed by atoms with Gasteiger partial charge in [0, 0.05) is 18.2 Å². The predicted molar refractivity (Wildman–Crippen MR) is 97.9 cm³/mol. The molecule has 3 N–H and O–H groups in total. The van der Waals surface area contributed by atoms with Gasteiger partial charge < -0.3 is 25.0 Å². The molecule has 1 aliphatic heterocycles. The molecule has 1 aromatic carbocycles. The summed E-state index contributed by atoms with van der Waals surface area (Å²) in [5.74, 6) is -0.710. The molecule has 7 heteroatoms. The normalized spacial score (nSPS) is 17.5. The van der Waals surface area contributed by atoms with Crippen LogP contribution in [0.25, 0.3) is 0 Å². The number of ether oxygens (including phenoxy) is 2. The van der Waals surface area contributed by atoms with Gasteiger partial charge in [0.05, 0.1) is 13.2 Å². The zero-order valence-corrected chi connectivity index (χ0v) is 15.6. The van der Waals surface area contributed by atoms with Gasteiger partial charge in [-0.2, -0.15) is 0 Å². The molecule has 0 spiro atoms. The molecule has 1 atom stereocenters. The minimum Gasteiger partial charge on any atom is -0.497 e. The Balaban J connectivity index is 0.000000359. The van der Waals surface area contributed by atoms with E-state index >= 15 is 0 Å². The molecule has 0 fully saturated rings. The summed E-state index contributed by atoms with van der Waals surface area (Å²) in [5, 5.41) is 19.2. The molecule has 7 nitrogen and oxygen atoms in total. The highest BCUT2D eigenvalue weighted by atomic mass is 16.5. The first kappa shape index (κ1) is 21.5. The van der Waals surface area contributed by atoms with E-state index in [1.807, 2.05) is 12.1 Å². The molecule has 0 bridgehead atoms. The number of nitrogens with one attached hydrogen (secondary N) is 1. The molecule has 1 unspecified atom stereocenters. The quantitative estimate of drug-likeness (QED) is 0.665. The van der Waals surface area contributed by atoms with Crippen LogP contribution in [0.15, 0.2) is 30.4 Å². The summed E-state index contributed by atoms with van der Waals surface area (Å²) in [4.78, 5) is 19.1. The smallest absolute Gasteiger partial charge is 0.328 e. The number of carboxylic acids is 2. The molecule has 144 valence electrons. The summed E-state index contributed by atoms with van der Waals surface area (Å²) < 4.78 is 11.4. The van der Waals surface area contributed by atoms with Crippen molar-refractivity contribution in [3.63, 3.8) is 0 Å². The summed E-state index contributed by atoms with van der Waals surface area (Å²) >= 11 is 0. The van der Waals surface area contributed by atoms with Crippen LogP contribution in [0.3, 0.4) is 0 Å². The van der Waals surface area contributed by atoms with Crippen LogP contribution in [0.2, 0.25) is 0 Å². The fraction of sp³-hybridized carbons (Fsp3) is 0.474. The van der Waals surface area contributed by atoms with E-state index in [4.69, 9.17) is 19.7 Å². The summed E-state index contributed by atoms with van der Waals surface area (Å²) in [6.07, 6.45) is 3.26. The third kappa shape index (κ3) is 6.76. The Morgan fingerprint density at radius 3 is 2.42 bits per heavy atom. The number of rotatable bonds is 6. The van der Waals surface area contributed by atoms with Crippen LogP contribution in [0.4, 0.5) is 0 Å². The Labute approximate surface area is 153 Å². The van der Waals surface area contributed by atoms with Crippen molar-refractivity contribution in [2.24, 2.45) is 0 Å². The standard InChI is InChI=1S/C15H23NO2.C4H4O4/c1-5-8-16-14-9-11-6-7-12(17-4)10-13(11)18-15(14,2)3;5-3(6)1-2-4(7)8/h6-7,10,14,16H,5,8-9H2,1-4H3;1-2H,(H,5,6)(H,7,8)/b;2-1+. The van der Waals surface area contributed by atoms with Crippen molar-refractivity contribution in [1.82, 2.24) is 5.32 Å². The van der Waals surface area contributed by atoms with Gasteiger partial charge >= 0.3 is 11.9 Å². The van der Waals surface area contributed by atoms with Crippen molar-refractivity contribution in [1.29, 1.82) is 0 Å². The average molecular weight is 365 g/mol. The van der Waals surface area contributed by atoms with Crippen molar-refractivity contribution in [2.45, 2.75) is 45.3 Å². The maximum atomic E-state index is 9.55. The molecular weight excluding hydrogens is 338 g/mol. The van der Waals surface area contributed by atoms with E-state index in [1.54, 1.807) is 7.11 Å². The molecular formula is C19H27NO6. The van der Waals surface area contributed by atoms with Crippen molar-refractivity contribution in [2.75, 3.05) is 13.7 Å². The second-order valence-electron chi connectivity index (χ2n) is 6.40. The van der Waals surface area contributed by atoms with Crippen LogP contribution < -0.4 is 14.8 Å². The Morgan fingerprint density at radius 1 is 1.31 bits per heavy atom. The summed E-state index contributed by atoms with van der Waals surface area (Å²) in [6.45, 7) is 7.50. The molecule has 0 aliphatic carbocycles. The molecule has 0 saturated carbocycles. The van der Waals surface area contributed by atoms with E-state index in [0.717, 1.165) is 30.9 Å². The van der Waals surface area contributed by atoms with Gasteiger partial charge in [-0.05, 0) is 44.9 Å². The zero-order valence-electron chi connectivity index (χ0n) is 15.6. The van der Waals surface area contributed by atoms with Crippen molar-refractivity contribution in [3.8, 4) is 11.5 Å². The average Bonchev–Trinajstić information content (AvgIpc) is 2.57. The number of aliphatic carboxylic acids is 2. The van der Waals surface area contributed by atoms with Gasteiger partial charge in [-0.1, -0.05) is 13.0 Å². The second kappa shape index (κ2) is 9.82. The van der Waals surface area contributed by atoms with Gasteiger partial charge in [0.15, 0.2) is 0 Å². The summed E-state index contributed by atoms with van der Waals surface area (Å²) in [5.41, 5.74) is 1.07. The minimum atomic E-state index is -1.26. The summed E-state index contributed by atoms with van der Waals surface area (Å²) in [6, 6.07) is 6.44. The largest absolute Gasteiger partial charge is 0.497 e. The maximum absolute atomic E-state index is 9.55. The number of hydrogen-bond acceptors (Lipinski definition) is 5. The molecule has 0 radical (unpaired) electrons. The third-order valence-corrected chi connectivity index (χ3v) is 3.92. The van der Waals surface area contributed by atoms with Crippen LogP contribution >= 0.6 is 0 Å². The van der Waals surface area contributed by atoms with Crippen molar-refractivity contribution >= 4 is 11.9 Å². The molecule has 1 aliphatic rings. The molecule has 0 aromatic heterocycles. The number of fused-ring (bicyclic) bond motifs is 1. The van der Waals surface area contributed by atoms with Crippen LogP contribution in [0.1, 0.15) is 32.8 Å². The highest BCUT2D eigenvalue weighted by Crippen LogP contribution is 2.35. The van der Waals surface area contributed by atoms with Crippen molar-refractivity contribution in [3.05, 3.63) is 35.9 Å². The highest BCUT2D eigenvalue weighted by molar-refractivity contribution is 5.89. The number of hydrogen-bond donors (Lipinski definition) is 3. The number of benzene rings is 1. The molecule has 26 heavy (non-hydrogen) atoms. The van der Waals surface area contributed by atoms with Crippen LogP contribution in [0, 0.1) is 0 Å². The third-order valence-electron chi connectivity index (χ3n) is 3.92. The number of carbonyl (C=O) groups is 2. The SMILES string of the molecule is CCCNC1Cc2ccc(OC)cc2OC1(C)C.O=C(O)/C=C/C(=O)O. The molecule has 1 aromatic rings. The molecule has 0 amide bonds. The second-order valence-corrected chi connectivity index (χ2v) is 6.40. The van der Waals surface area contributed by atoms with Gasteiger partial charge in [-0.15, -0.1) is 0 Å². The van der Waals surface area contributed by atoms with Gasteiger partial charge in [-0.3, -0.25) is 0 Å². The Hall–Kier alpha value is -2.54. The van der Waals surface area contributed by atoms with Gasteiger partial charge in [0.2, 0.25) is 0 Å². The molecule has 1 heterocycles. The van der Waals surface area contributed by atoms with Gasteiger partial charge in [0.1, 0.15) is 17.1 Å².